The number of amides is 1. The molecule has 0 aliphatic carbocycles. The predicted octanol–water partition coefficient (Wildman–Crippen LogP) is 4.81. The highest BCUT2D eigenvalue weighted by molar-refractivity contribution is 7.92. The summed E-state index contributed by atoms with van der Waals surface area (Å²) in [4.78, 5) is 12.7. The third-order valence-electron chi connectivity index (χ3n) is 5.01. The van der Waals surface area contributed by atoms with E-state index in [9.17, 15) is 13.2 Å². The molecule has 0 unspecified atom stereocenters. The fourth-order valence-electron chi connectivity index (χ4n) is 3.19. The fourth-order valence-corrected chi connectivity index (χ4v) is 4.65. The van der Waals surface area contributed by atoms with Gasteiger partial charge < -0.3 is 0 Å². The first kappa shape index (κ1) is 23.9. The Kier molecular flexibility index (Phi) is 8.16. The van der Waals surface area contributed by atoms with Gasteiger partial charge in [0.15, 0.2) is 0 Å². The van der Waals surface area contributed by atoms with Crippen molar-refractivity contribution in [2.75, 3.05) is 10.8 Å². The number of sulfonamides is 1. The van der Waals surface area contributed by atoms with E-state index in [1.54, 1.807) is 54.6 Å². The first-order valence-corrected chi connectivity index (χ1v) is 12.0. The summed E-state index contributed by atoms with van der Waals surface area (Å²) in [7, 11) is -3.76. The van der Waals surface area contributed by atoms with E-state index in [1.807, 2.05) is 25.1 Å². The Morgan fingerprint density at radius 2 is 1.58 bits per heavy atom. The average molecular weight is 462 g/mol. The SMILES string of the molecule is C=CCN(c1ccc(C(=O)N/N=C(/C)CCc2ccccc2)cc1)S(=O)(=O)c1ccccc1. The molecule has 0 radical (unpaired) electrons. The van der Waals surface area contributed by atoms with Gasteiger partial charge in [-0.2, -0.15) is 5.10 Å². The molecule has 170 valence electrons. The molecule has 0 saturated heterocycles. The van der Waals surface area contributed by atoms with Gasteiger partial charge in [-0.25, -0.2) is 13.8 Å². The van der Waals surface area contributed by atoms with E-state index in [0.29, 0.717) is 11.3 Å². The van der Waals surface area contributed by atoms with Gasteiger partial charge in [0.2, 0.25) is 0 Å². The quantitative estimate of drug-likeness (QED) is 0.267. The van der Waals surface area contributed by atoms with Crippen molar-refractivity contribution in [3.63, 3.8) is 0 Å². The third kappa shape index (κ3) is 6.40. The lowest BCUT2D eigenvalue weighted by Gasteiger charge is -2.23. The summed E-state index contributed by atoms with van der Waals surface area (Å²) in [5.74, 6) is -0.359. The molecular formula is C26H27N3O3S. The number of hydrazone groups is 1. The lowest BCUT2D eigenvalue weighted by molar-refractivity contribution is 0.0954. The van der Waals surface area contributed by atoms with Crippen LogP contribution in [0.25, 0.3) is 0 Å². The van der Waals surface area contributed by atoms with E-state index in [1.165, 1.54) is 15.9 Å². The molecule has 0 atom stereocenters. The summed E-state index contributed by atoms with van der Waals surface area (Å²) in [6.45, 7) is 5.64. The number of carbonyl (C=O) groups excluding carboxylic acids is 1. The van der Waals surface area contributed by atoms with Crippen LogP contribution in [0.5, 0.6) is 0 Å². The zero-order valence-electron chi connectivity index (χ0n) is 18.5. The minimum absolute atomic E-state index is 0.105. The van der Waals surface area contributed by atoms with Crippen molar-refractivity contribution < 1.29 is 13.2 Å². The number of nitrogens with one attached hydrogen (secondary N) is 1. The van der Waals surface area contributed by atoms with E-state index in [4.69, 9.17) is 0 Å². The summed E-state index contributed by atoms with van der Waals surface area (Å²) in [5.41, 5.74) is 5.42. The third-order valence-corrected chi connectivity index (χ3v) is 6.82. The van der Waals surface area contributed by atoms with Crippen LogP contribution in [0.2, 0.25) is 0 Å². The standard InChI is InChI=1S/C26H27N3O3S/c1-3-20-29(33(31,32)25-12-8-5-9-13-25)24-18-16-23(17-19-24)26(30)28-27-21(2)14-15-22-10-6-4-7-11-22/h3-13,16-19H,1,14-15,20H2,2H3,(H,28,30)/b27-21-. The Bertz CT molecular complexity index is 1210. The summed E-state index contributed by atoms with van der Waals surface area (Å²) < 4.78 is 27.4. The lowest BCUT2D eigenvalue weighted by atomic mass is 10.1. The van der Waals surface area contributed by atoms with Crippen LogP contribution < -0.4 is 9.73 Å². The number of nitrogens with zero attached hydrogens (tertiary/aromatic N) is 2. The van der Waals surface area contributed by atoms with Crippen LogP contribution in [0.15, 0.2) is 108 Å². The minimum atomic E-state index is -3.76. The number of benzene rings is 3. The monoisotopic (exact) mass is 461 g/mol. The number of hydrogen-bond donors (Lipinski definition) is 1. The summed E-state index contributed by atoms with van der Waals surface area (Å²) in [6, 6.07) is 24.6. The Morgan fingerprint density at radius 1 is 0.970 bits per heavy atom. The van der Waals surface area contributed by atoms with Crippen molar-refractivity contribution in [3.8, 4) is 0 Å². The van der Waals surface area contributed by atoms with Gasteiger partial charge >= 0.3 is 0 Å². The highest BCUT2D eigenvalue weighted by atomic mass is 32.2. The largest absolute Gasteiger partial charge is 0.271 e. The molecular weight excluding hydrogens is 434 g/mol. The van der Waals surface area contributed by atoms with Crippen molar-refractivity contribution in [2.24, 2.45) is 5.10 Å². The van der Waals surface area contributed by atoms with E-state index >= 15 is 0 Å². The van der Waals surface area contributed by atoms with Crippen LogP contribution in [0.1, 0.15) is 29.3 Å². The van der Waals surface area contributed by atoms with Crippen LogP contribution in [-0.4, -0.2) is 26.6 Å². The highest BCUT2D eigenvalue weighted by Gasteiger charge is 2.23. The van der Waals surface area contributed by atoms with E-state index < -0.39 is 10.0 Å². The van der Waals surface area contributed by atoms with Crippen molar-refractivity contribution in [1.82, 2.24) is 5.43 Å². The second kappa shape index (κ2) is 11.2. The van der Waals surface area contributed by atoms with Gasteiger partial charge in [0.05, 0.1) is 17.1 Å². The van der Waals surface area contributed by atoms with Gasteiger partial charge in [0.1, 0.15) is 0 Å². The van der Waals surface area contributed by atoms with Gasteiger partial charge in [-0.1, -0.05) is 54.6 Å². The first-order chi connectivity index (χ1) is 15.9. The minimum Gasteiger partial charge on any atom is -0.267 e. The zero-order chi connectivity index (χ0) is 23.7. The summed E-state index contributed by atoms with van der Waals surface area (Å²) in [5, 5.41) is 4.18. The smallest absolute Gasteiger partial charge is 0.267 e. The molecule has 0 aliphatic heterocycles. The lowest BCUT2D eigenvalue weighted by Crippen LogP contribution is -2.31. The molecule has 3 rings (SSSR count). The number of rotatable bonds is 10. The van der Waals surface area contributed by atoms with Gasteiger partial charge in [-0.05, 0) is 61.7 Å². The van der Waals surface area contributed by atoms with Gasteiger partial charge in [0, 0.05) is 11.3 Å². The second-order valence-electron chi connectivity index (χ2n) is 7.46. The maximum atomic E-state index is 13.1. The molecule has 1 N–H and O–H groups in total. The van der Waals surface area contributed by atoms with Crippen LogP contribution in [0.3, 0.4) is 0 Å². The average Bonchev–Trinajstić information content (AvgIpc) is 2.85. The van der Waals surface area contributed by atoms with Gasteiger partial charge in [-0.15, -0.1) is 6.58 Å². The van der Waals surface area contributed by atoms with Crippen LogP contribution in [-0.2, 0) is 16.4 Å². The summed E-state index contributed by atoms with van der Waals surface area (Å²) in [6.07, 6.45) is 3.10. The topological polar surface area (TPSA) is 78.8 Å². The van der Waals surface area contributed by atoms with E-state index in [2.05, 4.69) is 29.2 Å². The fraction of sp³-hybridized carbons (Fsp3) is 0.154. The molecule has 3 aromatic carbocycles. The Balaban J connectivity index is 1.67. The van der Waals surface area contributed by atoms with E-state index in [0.717, 1.165) is 18.6 Å². The maximum absolute atomic E-state index is 13.1. The Morgan fingerprint density at radius 3 is 2.18 bits per heavy atom. The van der Waals surface area contributed by atoms with Crippen LogP contribution >= 0.6 is 0 Å². The molecule has 6 nitrogen and oxygen atoms in total. The molecule has 0 heterocycles. The Labute approximate surface area is 195 Å². The van der Waals surface area contributed by atoms with Crippen LogP contribution in [0.4, 0.5) is 5.69 Å². The molecule has 0 saturated carbocycles. The molecule has 33 heavy (non-hydrogen) atoms. The molecule has 0 bridgehead atoms. The van der Waals surface area contributed by atoms with Crippen molar-refractivity contribution in [2.45, 2.75) is 24.7 Å². The van der Waals surface area contributed by atoms with Crippen molar-refractivity contribution in [3.05, 3.63) is 109 Å². The summed E-state index contributed by atoms with van der Waals surface area (Å²) >= 11 is 0. The number of aryl methyl sites for hydroxylation is 1. The highest BCUT2D eigenvalue weighted by Crippen LogP contribution is 2.24. The normalized spacial score (nSPS) is 11.6. The predicted molar refractivity (Wildman–Crippen MR) is 133 cm³/mol. The number of anilines is 1. The molecule has 3 aromatic rings. The second-order valence-corrected chi connectivity index (χ2v) is 9.32. The Hall–Kier alpha value is -3.71. The van der Waals surface area contributed by atoms with Crippen molar-refractivity contribution in [1.29, 1.82) is 0 Å². The maximum Gasteiger partial charge on any atom is 0.271 e. The van der Waals surface area contributed by atoms with E-state index in [-0.39, 0.29) is 17.3 Å². The molecule has 1 amide bonds. The molecule has 0 spiro atoms. The molecule has 0 aliphatic rings. The first-order valence-electron chi connectivity index (χ1n) is 10.6. The zero-order valence-corrected chi connectivity index (χ0v) is 19.3. The molecule has 7 heteroatoms. The van der Waals surface area contributed by atoms with Gasteiger partial charge in [-0.3, -0.25) is 9.10 Å². The molecule has 0 fully saturated rings. The number of hydrogen-bond acceptors (Lipinski definition) is 4. The van der Waals surface area contributed by atoms with Crippen molar-refractivity contribution >= 4 is 27.3 Å². The van der Waals surface area contributed by atoms with Crippen LogP contribution in [0, 0.1) is 0 Å². The van der Waals surface area contributed by atoms with Gasteiger partial charge in [0.25, 0.3) is 15.9 Å². The number of carbonyl (C=O) groups is 1. The molecule has 0 aromatic heterocycles.